The van der Waals surface area contributed by atoms with Gasteiger partial charge in [-0.2, -0.15) is 5.26 Å². The van der Waals surface area contributed by atoms with Crippen LogP contribution in [0, 0.1) is 11.3 Å². The van der Waals surface area contributed by atoms with Crippen molar-refractivity contribution in [3.8, 4) is 17.5 Å². The molecule has 0 aliphatic carbocycles. The summed E-state index contributed by atoms with van der Waals surface area (Å²) in [6.45, 7) is 3.40. The maximum Gasteiger partial charge on any atom is 0.192 e. The van der Waals surface area contributed by atoms with Crippen LogP contribution in [0.1, 0.15) is 19.8 Å². The number of hydrogen-bond donors (Lipinski definition) is 1. The second kappa shape index (κ2) is 6.90. The Hall–Kier alpha value is -2.30. The van der Waals surface area contributed by atoms with E-state index in [-0.39, 0.29) is 11.4 Å². The summed E-state index contributed by atoms with van der Waals surface area (Å²) in [6.07, 6.45) is 4.29. The smallest absolute Gasteiger partial charge is 0.192 e. The van der Waals surface area contributed by atoms with Gasteiger partial charge in [-0.25, -0.2) is 0 Å². The number of aromatic nitrogens is 4. The van der Waals surface area contributed by atoms with E-state index in [0.29, 0.717) is 6.54 Å². The Balaban J connectivity index is 1.77. The molecule has 0 bridgehead atoms. The molecule has 7 heteroatoms. The largest absolute Gasteiger partial charge is 0.376 e. The van der Waals surface area contributed by atoms with Gasteiger partial charge in [-0.05, 0) is 25.8 Å². The molecule has 1 aromatic carbocycles. The third-order valence-corrected chi connectivity index (χ3v) is 5.39. The van der Waals surface area contributed by atoms with Crippen molar-refractivity contribution < 1.29 is 4.74 Å². The number of nitrogens with zero attached hydrogens (tertiary/aromatic N) is 4. The molecule has 6 nitrogen and oxygen atoms in total. The number of rotatable bonds is 5. The normalized spacial score (nSPS) is 18.5. The Morgan fingerprint density at radius 3 is 3.12 bits per heavy atom. The molecule has 0 spiro atoms. The molecular formula is C18H19N5OS. The Labute approximate surface area is 150 Å². The number of benzene rings is 1. The summed E-state index contributed by atoms with van der Waals surface area (Å²) < 4.78 is 7.92. The average molecular weight is 353 g/mol. The van der Waals surface area contributed by atoms with E-state index in [1.165, 1.54) is 11.8 Å². The minimum absolute atomic E-state index is 0.177. The first-order valence-corrected chi connectivity index (χ1v) is 9.32. The van der Waals surface area contributed by atoms with Crippen LogP contribution in [0.25, 0.3) is 22.3 Å². The van der Waals surface area contributed by atoms with Crippen LogP contribution in [-0.2, 0) is 11.3 Å². The van der Waals surface area contributed by atoms with Crippen LogP contribution in [0.5, 0.6) is 0 Å². The summed E-state index contributed by atoms with van der Waals surface area (Å²) >= 11 is 1.44. The van der Waals surface area contributed by atoms with Crippen LogP contribution in [0.3, 0.4) is 0 Å². The zero-order valence-corrected chi connectivity index (χ0v) is 14.8. The zero-order valence-electron chi connectivity index (χ0n) is 14.0. The first-order valence-electron chi connectivity index (χ1n) is 8.44. The molecule has 0 saturated carbocycles. The van der Waals surface area contributed by atoms with Crippen molar-refractivity contribution in [1.82, 2.24) is 19.7 Å². The van der Waals surface area contributed by atoms with E-state index in [1.54, 1.807) is 0 Å². The van der Waals surface area contributed by atoms with Crippen molar-refractivity contribution in [2.45, 2.75) is 42.8 Å². The molecule has 1 fully saturated rings. The van der Waals surface area contributed by atoms with Crippen molar-refractivity contribution in [1.29, 1.82) is 5.26 Å². The Bertz CT molecular complexity index is 919. The number of fused-ring (bicyclic) bond motifs is 1. The van der Waals surface area contributed by atoms with Crippen molar-refractivity contribution >= 4 is 22.7 Å². The lowest BCUT2D eigenvalue weighted by Crippen LogP contribution is -2.17. The Morgan fingerprint density at radius 2 is 2.32 bits per heavy atom. The van der Waals surface area contributed by atoms with Crippen molar-refractivity contribution in [2.24, 2.45) is 0 Å². The molecule has 1 N–H and O–H groups in total. The maximum atomic E-state index is 9.15. The number of aromatic amines is 1. The highest BCUT2D eigenvalue weighted by Gasteiger charge is 2.23. The van der Waals surface area contributed by atoms with E-state index in [2.05, 4.69) is 31.9 Å². The van der Waals surface area contributed by atoms with Gasteiger partial charge in [-0.1, -0.05) is 30.0 Å². The van der Waals surface area contributed by atoms with Crippen LogP contribution in [0.2, 0.25) is 0 Å². The van der Waals surface area contributed by atoms with Gasteiger partial charge in [0.25, 0.3) is 0 Å². The fourth-order valence-electron chi connectivity index (χ4n) is 3.17. The van der Waals surface area contributed by atoms with E-state index in [4.69, 9.17) is 10.00 Å². The highest BCUT2D eigenvalue weighted by atomic mass is 32.2. The van der Waals surface area contributed by atoms with Crippen LogP contribution in [0.4, 0.5) is 0 Å². The zero-order chi connectivity index (χ0) is 17.2. The third kappa shape index (κ3) is 3.15. The molecule has 1 aliphatic rings. The van der Waals surface area contributed by atoms with Crippen molar-refractivity contribution in [3.05, 3.63) is 30.5 Å². The van der Waals surface area contributed by atoms with E-state index >= 15 is 0 Å². The molecule has 0 radical (unpaired) electrons. The van der Waals surface area contributed by atoms with E-state index in [9.17, 15) is 0 Å². The fourth-order valence-corrected chi connectivity index (χ4v) is 3.92. The first kappa shape index (κ1) is 16.2. The summed E-state index contributed by atoms with van der Waals surface area (Å²) in [6, 6.07) is 10.4. The molecule has 128 valence electrons. The van der Waals surface area contributed by atoms with E-state index in [0.717, 1.165) is 46.9 Å². The lowest BCUT2D eigenvalue weighted by Gasteiger charge is -2.14. The number of H-pyrrole nitrogens is 1. The van der Waals surface area contributed by atoms with Crippen LogP contribution >= 0.6 is 11.8 Å². The van der Waals surface area contributed by atoms with E-state index in [1.807, 2.05) is 31.3 Å². The fraction of sp³-hybridized carbons (Fsp3) is 0.389. The van der Waals surface area contributed by atoms with Crippen molar-refractivity contribution in [3.63, 3.8) is 0 Å². The molecule has 2 atom stereocenters. The minimum Gasteiger partial charge on any atom is -0.376 e. The number of hydrogen-bond acceptors (Lipinski definition) is 5. The monoisotopic (exact) mass is 353 g/mol. The molecule has 3 heterocycles. The van der Waals surface area contributed by atoms with Crippen LogP contribution in [0.15, 0.2) is 35.6 Å². The lowest BCUT2D eigenvalue weighted by atomic mass is 10.1. The molecule has 25 heavy (non-hydrogen) atoms. The molecular weight excluding hydrogens is 334 g/mol. The van der Waals surface area contributed by atoms with Crippen molar-refractivity contribution in [2.75, 3.05) is 6.61 Å². The van der Waals surface area contributed by atoms with Gasteiger partial charge < -0.3 is 9.72 Å². The van der Waals surface area contributed by atoms with Gasteiger partial charge >= 0.3 is 0 Å². The van der Waals surface area contributed by atoms with Gasteiger partial charge in [-0.15, -0.1) is 10.2 Å². The number of para-hydroxylation sites is 1. The maximum absolute atomic E-state index is 9.15. The predicted molar refractivity (Wildman–Crippen MR) is 97.2 cm³/mol. The molecule has 1 aliphatic heterocycles. The number of ether oxygens (including phenoxy) is 1. The predicted octanol–water partition coefficient (Wildman–Crippen LogP) is 3.61. The highest BCUT2D eigenvalue weighted by molar-refractivity contribution is 8.00. The third-order valence-electron chi connectivity index (χ3n) is 4.42. The Kier molecular flexibility index (Phi) is 4.47. The van der Waals surface area contributed by atoms with Gasteiger partial charge in [0.1, 0.15) is 0 Å². The number of nitriles is 1. The average Bonchev–Trinajstić information content (AvgIpc) is 3.36. The molecule has 4 rings (SSSR count). The molecule has 2 aromatic heterocycles. The van der Waals surface area contributed by atoms with Gasteiger partial charge in [0.15, 0.2) is 11.0 Å². The Morgan fingerprint density at radius 1 is 1.44 bits per heavy atom. The van der Waals surface area contributed by atoms with Gasteiger partial charge in [0.05, 0.1) is 24.0 Å². The lowest BCUT2D eigenvalue weighted by molar-refractivity contribution is 0.0953. The first-order chi connectivity index (χ1) is 12.3. The quantitative estimate of drug-likeness (QED) is 0.709. The second-order valence-electron chi connectivity index (χ2n) is 6.19. The summed E-state index contributed by atoms with van der Waals surface area (Å²) in [5.74, 6) is 0.820. The summed E-state index contributed by atoms with van der Waals surface area (Å²) in [4.78, 5) is 3.30. The SMILES string of the molecule is CC(C#N)Sc1nnc(-c2c[nH]c3ccccc23)n1CC1CCCO1. The molecule has 2 unspecified atom stereocenters. The molecule has 1 saturated heterocycles. The summed E-state index contributed by atoms with van der Waals surface area (Å²) in [7, 11) is 0. The van der Waals surface area contributed by atoms with Crippen LogP contribution < -0.4 is 0 Å². The summed E-state index contributed by atoms with van der Waals surface area (Å²) in [5.41, 5.74) is 2.10. The standard InChI is InChI=1S/C18H19N5OS/c1-12(9-19)25-18-22-21-17(23(18)11-13-5-4-8-24-13)15-10-20-16-7-3-2-6-14(15)16/h2-3,6-7,10,12-13,20H,4-5,8,11H2,1H3. The number of nitrogens with one attached hydrogen (secondary N) is 1. The van der Waals surface area contributed by atoms with Gasteiger partial charge in [0.2, 0.25) is 0 Å². The van der Waals surface area contributed by atoms with Crippen LogP contribution in [-0.4, -0.2) is 37.7 Å². The topological polar surface area (TPSA) is 79.5 Å². The molecule has 3 aromatic rings. The second-order valence-corrected chi connectivity index (χ2v) is 7.50. The van der Waals surface area contributed by atoms with E-state index < -0.39 is 0 Å². The highest BCUT2D eigenvalue weighted by Crippen LogP contribution is 2.32. The minimum atomic E-state index is -0.178. The van der Waals surface area contributed by atoms with Gasteiger partial charge in [-0.3, -0.25) is 4.57 Å². The number of thioether (sulfide) groups is 1. The molecule has 0 amide bonds. The summed E-state index contributed by atoms with van der Waals surface area (Å²) in [5, 5.41) is 19.7. The van der Waals surface area contributed by atoms with Gasteiger partial charge in [0, 0.05) is 29.3 Å².